The molecule has 0 aromatic heterocycles. The molecule has 136 valence electrons. The van der Waals surface area contributed by atoms with Crippen LogP contribution in [0.15, 0.2) is 47.5 Å². The van der Waals surface area contributed by atoms with Crippen LogP contribution in [0.3, 0.4) is 0 Å². The lowest BCUT2D eigenvalue weighted by molar-refractivity contribution is 0.230. The number of guanidine groups is 1. The molecular formula is C17H20Cl2IN3O2. The first-order chi connectivity index (χ1) is 11.5. The molecule has 5 nitrogen and oxygen atoms in total. The number of aliphatic imine (C=N–C) groups is 1. The Labute approximate surface area is 174 Å². The second kappa shape index (κ2) is 10.6. The zero-order valence-corrected chi connectivity index (χ0v) is 17.7. The summed E-state index contributed by atoms with van der Waals surface area (Å²) in [5.74, 6) is 1.61. The largest absolute Gasteiger partial charge is 0.495 e. The summed E-state index contributed by atoms with van der Waals surface area (Å²) in [7, 11) is 1.56. The van der Waals surface area contributed by atoms with Crippen LogP contribution >= 0.6 is 47.2 Å². The van der Waals surface area contributed by atoms with E-state index in [2.05, 4.69) is 10.3 Å². The number of halogens is 3. The van der Waals surface area contributed by atoms with Crippen molar-refractivity contribution in [3.63, 3.8) is 0 Å². The standard InChI is InChI=1S/C17H19Cl2N3O2.HI/c1-11(24-14-6-3-12(18)4-7-14)10-21-17(20)22-13-5-8-16(23-2)15(19)9-13;/h3-9,11H,10H2,1-2H3,(H3,20,21,22);1H. The SMILES string of the molecule is COc1ccc(NC(N)=NCC(C)Oc2ccc(Cl)cc2)cc1Cl.I. The van der Waals surface area contributed by atoms with Gasteiger partial charge in [0.25, 0.3) is 0 Å². The van der Waals surface area contributed by atoms with Crippen molar-refractivity contribution in [1.29, 1.82) is 0 Å². The van der Waals surface area contributed by atoms with E-state index in [0.29, 0.717) is 22.3 Å². The van der Waals surface area contributed by atoms with Crippen LogP contribution in [-0.4, -0.2) is 25.7 Å². The molecule has 0 radical (unpaired) electrons. The van der Waals surface area contributed by atoms with Gasteiger partial charge in [-0.05, 0) is 49.4 Å². The molecule has 0 saturated carbocycles. The molecule has 3 N–H and O–H groups in total. The molecule has 2 aromatic carbocycles. The van der Waals surface area contributed by atoms with Crippen LogP contribution in [0, 0.1) is 0 Å². The zero-order chi connectivity index (χ0) is 17.5. The zero-order valence-electron chi connectivity index (χ0n) is 13.8. The minimum atomic E-state index is -0.133. The van der Waals surface area contributed by atoms with Crippen LogP contribution in [-0.2, 0) is 0 Å². The fourth-order valence-electron chi connectivity index (χ4n) is 1.94. The highest BCUT2D eigenvalue weighted by molar-refractivity contribution is 14.0. The molecule has 0 amide bonds. The highest BCUT2D eigenvalue weighted by Crippen LogP contribution is 2.27. The molecular weight excluding hydrogens is 476 g/mol. The van der Waals surface area contributed by atoms with E-state index in [-0.39, 0.29) is 36.0 Å². The lowest BCUT2D eigenvalue weighted by Crippen LogP contribution is -2.25. The number of nitrogens with two attached hydrogens (primary N) is 1. The van der Waals surface area contributed by atoms with Gasteiger partial charge in [-0.1, -0.05) is 23.2 Å². The van der Waals surface area contributed by atoms with Gasteiger partial charge in [-0.3, -0.25) is 0 Å². The fraction of sp³-hybridized carbons (Fsp3) is 0.235. The number of methoxy groups -OCH3 is 1. The van der Waals surface area contributed by atoms with E-state index in [1.165, 1.54) is 0 Å². The maximum Gasteiger partial charge on any atom is 0.193 e. The van der Waals surface area contributed by atoms with Crippen molar-refractivity contribution in [3.05, 3.63) is 52.5 Å². The average molecular weight is 496 g/mol. The number of benzene rings is 2. The lowest BCUT2D eigenvalue weighted by Gasteiger charge is -2.13. The molecule has 2 rings (SSSR count). The third kappa shape index (κ3) is 7.17. The molecule has 0 spiro atoms. The maximum atomic E-state index is 6.07. The lowest BCUT2D eigenvalue weighted by atomic mass is 10.3. The predicted octanol–water partition coefficient (Wildman–Crippen LogP) is 4.81. The molecule has 0 aliphatic heterocycles. The van der Waals surface area contributed by atoms with Crippen LogP contribution in [0.25, 0.3) is 0 Å². The van der Waals surface area contributed by atoms with Crippen LogP contribution in [0.4, 0.5) is 5.69 Å². The van der Waals surface area contributed by atoms with Gasteiger partial charge in [0.1, 0.15) is 17.6 Å². The summed E-state index contributed by atoms with van der Waals surface area (Å²) in [6.45, 7) is 2.32. The summed E-state index contributed by atoms with van der Waals surface area (Å²) in [5, 5.41) is 4.14. The molecule has 0 fully saturated rings. The maximum absolute atomic E-state index is 6.07. The van der Waals surface area contributed by atoms with Gasteiger partial charge < -0.3 is 20.5 Å². The number of rotatable bonds is 6. The summed E-state index contributed by atoms with van der Waals surface area (Å²) in [5.41, 5.74) is 6.61. The van der Waals surface area contributed by atoms with Gasteiger partial charge in [-0.2, -0.15) is 0 Å². The minimum Gasteiger partial charge on any atom is -0.495 e. The van der Waals surface area contributed by atoms with Gasteiger partial charge in [0.2, 0.25) is 0 Å². The Bertz CT molecular complexity index is 712. The average Bonchev–Trinajstić information content (AvgIpc) is 2.55. The smallest absolute Gasteiger partial charge is 0.193 e. The molecule has 8 heteroatoms. The third-order valence-corrected chi connectivity index (χ3v) is 3.64. The van der Waals surface area contributed by atoms with E-state index in [9.17, 15) is 0 Å². The topological polar surface area (TPSA) is 68.9 Å². The summed E-state index contributed by atoms with van der Waals surface area (Å²) >= 11 is 11.9. The summed E-state index contributed by atoms with van der Waals surface area (Å²) < 4.78 is 10.8. The number of ether oxygens (including phenoxy) is 2. The van der Waals surface area contributed by atoms with E-state index >= 15 is 0 Å². The molecule has 1 unspecified atom stereocenters. The normalized spacial score (nSPS) is 12.1. The Hall–Kier alpha value is -1.38. The van der Waals surface area contributed by atoms with E-state index in [1.54, 1.807) is 37.4 Å². The monoisotopic (exact) mass is 495 g/mol. The molecule has 25 heavy (non-hydrogen) atoms. The molecule has 0 saturated heterocycles. The Morgan fingerprint density at radius 2 is 1.88 bits per heavy atom. The molecule has 0 heterocycles. The highest BCUT2D eigenvalue weighted by Gasteiger charge is 2.05. The van der Waals surface area contributed by atoms with E-state index in [4.69, 9.17) is 38.4 Å². The molecule has 0 aliphatic carbocycles. The number of anilines is 1. The van der Waals surface area contributed by atoms with Crippen molar-refractivity contribution in [2.45, 2.75) is 13.0 Å². The number of hydrogen-bond donors (Lipinski definition) is 2. The molecule has 0 bridgehead atoms. The van der Waals surface area contributed by atoms with Gasteiger partial charge in [-0.15, -0.1) is 24.0 Å². The molecule has 1 atom stereocenters. The fourth-order valence-corrected chi connectivity index (χ4v) is 2.32. The number of hydrogen-bond acceptors (Lipinski definition) is 3. The molecule has 0 aliphatic rings. The first-order valence-corrected chi connectivity index (χ1v) is 8.06. The van der Waals surface area contributed by atoms with Crippen molar-refractivity contribution < 1.29 is 9.47 Å². The van der Waals surface area contributed by atoms with Crippen molar-refractivity contribution in [2.75, 3.05) is 19.0 Å². The van der Waals surface area contributed by atoms with Gasteiger partial charge in [0.15, 0.2) is 5.96 Å². The third-order valence-electron chi connectivity index (χ3n) is 3.09. The van der Waals surface area contributed by atoms with Crippen molar-refractivity contribution in [2.24, 2.45) is 10.7 Å². The number of nitrogens with zero attached hydrogens (tertiary/aromatic N) is 1. The number of nitrogens with one attached hydrogen (secondary N) is 1. The van der Waals surface area contributed by atoms with Crippen molar-refractivity contribution >= 4 is 58.8 Å². The van der Waals surface area contributed by atoms with E-state index in [1.807, 2.05) is 19.1 Å². The van der Waals surface area contributed by atoms with E-state index in [0.717, 1.165) is 11.4 Å². The Kier molecular flexibility index (Phi) is 9.16. The Morgan fingerprint density at radius 1 is 1.20 bits per heavy atom. The first kappa shape index (κ1) is 21.7. The van der Waals surface area contributed by atoms with Crippen LogP contribution in [0.1, 0.15) is 6.92 Å². The van der Waals surface area contributed by atoms with E-state index < -0.39 is 0 Å². The quantitative estimate of drug-likeness (QED) is 0.342. The van der Waals surface area contributed by atoms with Gasteiger partial charge in [0.05, 0.1) is 18.7 Å². The Balaban J connectivity index is 0.00000312. The van der Waals surface area contributed by atoms with Gasteiger partial charge in [-0.25, -0.2) is 4.99 Å². The predicted molar refractivity (Wildman–Crippen MR) is 115 cm³/mol. The van der Waals surface area contributed by atoms with Crippen molar-refractivity contribution in [3.8, 4) is 11.5 Å². The first-order valence-electron chi connectivity index (χ1n) is 7.30. The van der Waals surface area contributed by atoms with Crippen molar-refractivity contribution in [1.82, 2.24) is 0 Å². The highest BCUT2D eigenvalue weighted by atomic mass is 127. The van der Waals surface area contributed by atoms with Crippen LogP contribution in [0.2, 0.25) is 10.0 Å². The van der Waals surface area contributed by atoms with Crippen LogP contribution < -0.4 is 20.5 Å². The van der Waals surface area contributed by atoms with Gasteiger partial charge in [0, 0.05) is 10.7 Å². The van der Waals surface area contributed by atoms with Gasteiger partial charge >= 0.3 is 0 Å². The summed E-state index contributed by atoms with van der Waals surface area (Å²) in [4.78, 5) is 4.26. The van der Waals surface area contributed by atoms with Crippen LogP contribution in [0.5, 0.6) is 11.5 Å². The summed E-state index contributed by atoms with van der Waals surface area (Å²) in [6, 6.07) is 12.4. The second-order valence-corrected chi connectivity index (χ2v) is 5.93. The molecule has 2 aromatic rings. The Morgan fingerprint density at radius 3 is 2.48 bits per heavy atom. The summed E-state index contributed by atoms with van der Waals surface area (Å²) in [6.07, 6.45) is -0.133. The minimum absolute atomic E-state index is 0. The second-order valence-electron chi connectivity index (χ2n) is 5.08.